The second kappa shape index (κ2) is 4.14. The number of nitrogens with zero attached hydrogens (tertiary/aromatic N) is 2. The van der Waals surface area contributed by atoms with Gasteiger partial charge in [-0.3, -0.25) is 5.10 Å². The van der Waals surface area contributed by atoms with E-state index in [0.29, 0.717) is 11.7 Å². The molecule has 1 fully saturated rings. The van der Waals surface area contributed by atoms with E-state index in [-0.39, 0.29) is 5.16 Å². The van der Waals surface area contributed by atoms with E-state index in [1.807, 2.05) is 0 Å². The first kappa shape index (κ1) is 11.5. The van der Waals surface area contributed by atoms with Crippen molar-refractivity contribution in [1.82, 2.24) is 15.2 Å². The van der Waals surface area contributed by atoms with Crippen LogP contribution in [0.1, 0.15) is 44.3 Å². The highest BCUT2D eigenvalue weighted by Gasteiger charge is 2.24. The van der Waals surface area contributed by atoms with Gasteiger partial charge in [0.05, 0.1) is 0 Å². The molecule has 0 bridgehead atoms. The molecule has 7 heteroatoms. The van der Waals surface area contributed by atoms with Crippen LogP contribution in [0.4, 0.5) is 0 Å². The highest BCUT2D eigenvalue weighted by Crippen LogP contribution is 2.33. The van der Waals surface area contributed by atoms with Crippen molar-refractivity contribution in [1.29, 1.82) is 0 Å². The Balaban J connectivity index is 2.14. The van der Waals surface area contributed by atoms with Crippen LogP contribution in [-0.4, -0.2) is 23.6 Å². The predicted octanol–water partition coefficient (Wildman–Crippen LogP) is 0.746. The second-order valence-corrected chi connectivity index (χ2v) is 5.96. The molecule has 1 heterocycles. The molecule has 1 aromatic rings. The molecule has 0 spiro atoms. The molecule has 0 amide bonds. The summed E-state index contributed by atoms with van der Waals surface area (Å²) in [6.45, 7) is 2.23. The van der Waals surface area contributed by atoms with E-state index >= 15 is 0 Å². The van der Waals surface area contributed by atoms with Crippen LogP contribution in [0.25, 0.3) is 0 Å². The maximum absolute atomic E-state index is 11.0. The van der Waals surface area contributed by atoms with Gasteiger partial charge in [-0.1, -0.05) is 19.8 Å². The standard InChI is InChI=1S/C9H16N4O2S/c1-6-2-4-7(5-3-6)8-11-9(13-12-8)16(10,14)15/h6-7H,2-5H2,1H3,(H2,10,14,15)(H,11,12,13). The van der Waals surface area contributed by atoms with Gasteiger partial charge in [0, 0.05) is 5.92 Å². The first-order valence-electron chi connectivity index (χ1n) is 5.42. The van der Waals surface area contributed by atoms with Gasteiger partial charge in [-0.05, 0) is 18.8 Å². The second-order valence-electron chi connectivity index (χ2n) is 4.51. The van der Waals surface area contributed by atoms with Gasteiger partial charge < -0.3 is 0 Å². The molecule has 2 rings (SSSR count). The number of nitrogens with one attached hydrogen (secondary N) is 1. The minimum atomic E-state index is -3.78. The lowest BCUT2D eigenvalue weighted by atomic mass is 9.83. The molecule has 1 aliphatic rings. The topological polar surface area (TPSA) is 102 Å². The van der Waals surface area contributed by atoms with Gasteiger partial charge >= 0.3 is 0 Å². The first-order valence-corrected chi connectivity index (χ1v) is 6.96. The molecular formula is C9H16N4O2S. The maximum Gasteiger partial charge on any atom is 0.282 e. The normalized spacial score (nSPS) is 26.9. The summed E-state index contributed by atoms with van der Waals surface area (Å²) in [7, 11) is -3.78. The van der Waals surface area contributed by atoms with Crippen LogP contribution >= 0.6 is 0 Å². The van der Waals surface area contributed by atoms with Crippen molar-refractivity contribution in [2.75, 3.05) is 0 Å². The van der Waals surface area contributed by atoms with Crippen LogP contribution in [-0.2, 0) is 10.0 Å². The van der Waals surface area contributed by atoms with E-state index < -0.39 is 10.0 Å². The molecule has 0 atom stereocenters. The number of rotatable bonds is 2. The minimum Gasteiger partial charge on any atom is -0.262 e. The Morgan fingerprint density at radius 2 is 1.94 bits per heavy atom. The van der Waals surface area contributed by atoms with Gasteiger partial charge in [-0.2, -0.15) is 0 Å². The predicted molar refractivity (Wildman–Crippen MR) is 58.1 cm³/mol. The highest BCUT2D eigenvalue weighted by atomic mass is 32.2. The lowest BCUT2D eigenvalue weighted by molar-refractivity contribution is 0.340. The van der Waals surface area contributed by atoms with Crippen LogP contribution in [0.5, 0.6) is 0 Å². The van der Waals surface area contributed by atoms with Gasteiger partial charge in [-0.25, -0.2) is 18.5 Å². The summed E-state index contributed by atoms with van der Waals surface area (Å²) in [5.41, 5.74) is 0. The van der Waals surface area contributed by atoms with Crippen molar-refractivity contribution >= 4 is 10.0 Å². The molecule has 0 aromatic carbocycles. The summed E-state index contributed by atoms with van der Waals surface area (Å²) in [5.74, 6) is 1.69. The number of aromatic amines is 1. The molecule has 1 saturated carbocycles. The number of H-pyrrole nitrogens is 1. The fraction of sp³-hybridized carbons (Fsp3) is 0.778. The van der Waals surface area contributed by atoms with Gasteiger partial charge in [0.2, 0.25) is 0 Å². The van der Waals surface area contributed by atoms with Crippen LogP contribution in [0.2, 0.25) is 0 Å². The molecule has 0 aliphatic heterocycles. The van der Waals surface area contributed by atoms with Crippen molar-refractivity contribution in [2.24, 2.45) is 11.1 Å². The summed E-state index contributed by atoms with van der Waals surface area (Å²) in [4.78, 5) is 3.95. The van der Waals surface area contributed by atoms with Gasteiger partial charge in [0.1, 0.15) is 5.82 Å². The minimum absolute atomic E-state index is 0.291. The average molecular weight is 244 g/mol. The van der Waals surface area contributed by atoms with E-state index in [1.54, 1.807) is 0 Å². The fourth-order valence-electron chi connectivity index (χ4n) is 2.10. The third-order valence-electron chi connectivity index (χ3n) is 3.14. The summed E-state index contributed by atoms with van der Waals surface area (Å²) in [5, 5.41) is 11.0. The molecule has 0 unspecified atom stereocenters. The number of hydrogen-bond donors (Lipinski definition) is 2. The summed E-state index contributed by atoms with van der Waals surface area (Å²) in [6.07, 6.45) is 4.35. The maximum atomic E-state index is 11.0. The van der Waals surface area contributed by atoms with E-state index in [0.717, 1.165) is 31.6 Å². The lowest BCUT2D eigenvalue weighted by Gasteiger charge is -2.24. The first-order chi connectivity index (χ1) is 7.47. The van der Waals surface area contributed by atoms with Crippen LogP contribution < -0.4 is 5.14 Å². The van der Waals surface area contributed by atoms with Crippen molar-refractivity contribution in [3.05, 3.63) is 5.82 Å². The zero-order valence-electron chi connectivity index (χ0n) is 9.18. The summed E-state index contributed by atoms with van der Waals surface area (Å²) in [6, 6.07) is 0. The Morgan fingerprint density at radius 1 is 1.31 bits per heavy atom. The molecule has 3 N–H and O–H groups in total. The quantitative estimate of drug-likeness (QED) is 0.801. The van der Waals surface area contributed by atoms with E-state index in [9.17, 15) is 8.42 Å². The van der Waals surface area contributed by atoms with Crippen molar-refractivity contribution in [3.8, 4) is 0 Å². The number of primary sulfonamides is 1. The van der Waals surface area contributed by atoms with Crippen molar-refractivity contribution in [2.45, 2.75) is 43.7 Å². The Morgan fingerprint density at radius 3 is 2.44 bits per heavy atom. The van der Waals surface area contributed by atoms with E-state index in [4.69, 9.17) is 5.14 Å². The Kier molecular flexibility index (Phi) is 2.98. The van der Waals surface area contributed by atoms with E-state index in [1.165, 1.54) is 0 Å². The number of nitrogens with two attached hydrogens (primary N) is 1. The molecule has 16 heavy (non-hydrogen) atoms. The Hall–Kier alpha value is -0.950. The molecular weight excluding hydrogens is 228 g/mol. The largest absolute Gasteiger partial charge is 0.282 e. The third-order valence-corrected chi connectivity index (χ3v) is 3.83. The average Bonchev–Trinajstić information content (AvgIpc) is 2.67. The Labute approximate surface area is 94.7 Å². The summed E-state index contributed by atoms with van der Waals surface area (Å²) < 4.78 is 22.0. The summed E-state index contributed by atoms with van der Waals surface area (Å²) >= 11 is 0. The van der Waals surface area contributed by atoms with Gasteiger partial charge in [-0.15, -0.1) is 5.10 Å². The monoisotopic (exact) mass is 244 g/mol. The molecule has 0 radical (unpaired) electrons. The van der Waals surface area contributed by atoms with Crippen molar-refractivity contribution in [3.63, 3.8) is 0 Å². The Bertz CT molecular complexity index is 460. The van der Waals surface area contributed by atoms with Gasteiger partial charge in [0.25, 0.3) is 15.2 Å². The molecule has 0 saturated heterocycles. The van der Waals surface area contributed by atoms with Crippen molar-refractivity contribution < 1.29 is 8.42 Å². The molecule has 90 valence electrons. The van der Waals surface area contributed by atoms with Gasteiger partial charge in [0.15, 0.2) is 0 Å². The zero-order chi connectivity index (χ0) is 11.8. The smallest absolute Gasteiger partial charge is 0.262 e. The fourth-order valence-corrected chi connectivity index (χ4v) is 2.50. The number of aromatic nitrogens is 3. The highest BCUT2D eigenvalue weighted by molar-refractivity contribution is 7.89. The van der Waals surface area contributed by atoms with Crippen LogP contribution in [0.3, 0.4) is 0 Å². The van der Waals surface area contributed by atoms with E-state index in [2.05, 4.69) is 22.1 Å². The lowest BCUT2D eigenvalue weighted by Crippen LogP contribution is -2.15. The molecule has 6 nitrogen and oxygen atoms in total. The zero-order valence-corrected chi connectivity index (χ0v) is 10.00. The molecule has 1 aliphatic carbocycles. The number of hydrogen-bond acceptors (Lipinski definition) is 4. The van der Waals surface area contributed by atoms with Crippen LogP contribution in [0, 0.1) is 5.92 Å². The third kappa shape index (κ3) is 2.41. The van der Waals surface area contributed by atoms with Crippen LogP contribution in [0.15, 0.2) is 5.16 Å². The number of sulfonamides is 1. The molecule has 1 aromatic heterocycles. The SMILES string of the molecule is CC1CCC(c2nc(S(N)(=O)=O)n[nH]2)CC1.